The van der Waals surface area contributed by atoms with E-state index < -0.39 is 61.3 Å². The molecule has 1 saturated carbocycles. The van der Waals surface area contributed by atoms with Gasteiger partial charge >= 0.3 is 19.7 Å². The number of ether oxygens (including phenoxy) is 6. The van der Waals surface area contributed by atoms with Crippen LogP contribution in [-0.4, -0.2) is 101 Å². The van der Waals surface area contributed by atoms with Crippen molar-refractivity contribution >= 4 is 42.6 Å². The number of nitrogens with zero attached hydrogens (tertiary/aromatic N) is 4. The Morgan fingerprint density at radius 1 is 1.06 bits per heavy atom. The molecule has 5 rings (SSSR count). The van der Waals surface area contributed by atoms with Crippen LogP contribution in [0.1, 0.15) is 86.8 Å². The fourth-order valence-corrected chi connectivity index (χ4v) is 8.54. The van der Waals surface area contributed by atoms with Crippen molar-refractivity contribution in [3.63, 3.8) is 0 Å². The molecule has 2 saturated heterocycles. The molecule has 1 aliphatic carbocycles. The van der Waals surface area contributed by atoms with Gasteiger partial charge < -0.3 is 37.5 Å². The molecule has 4 heterocycles. The molecule has 0 aromatic carbocycles. The largest absolute Gasteiger partial charge is 0.464 e. The summed E-state index contributed by atoms with van der Waals surface area (Å²) in [6, 6.07) is 3.63. The molecular weight excluding hydrogens is 695 g/mol. The van der Waals surface area contributed by atoms with E-state index in [1.165, 1.54) is 0 Å². The van der Waals surface area contributed by atoms with Gasteiger partial charge in [0, 0.05) is 18.2 Å². The van der Waals surface area contributed by atoms with Crippen molar-refractivity contribution < 1.29 is 51.6 Å². The first-order valence-electron chi connectivity index (χ1n) is 17.3. The maximum Gasteiger partial charge on any atom is 0.416 e. The van der Waals surface area contributed by atoms with Gasteiger partial charge in [-0.25, -0.2) is 14.1 Å². The molecule has 17 heteroatoms. The number of anilines is 1. The van der Waals surface area contributed by atoms with Crippen molar-refractivity contribution in [1.82, 2.24) is 14.6 Å². The maximum absolute atomic E-state index is 13.6. The molecule has 280 valence electrons. The topological polar surface area (TPSA) is 158 Å². The molecular formula is C33H50ClN4O11P. The van der Waals surface area contributed by atoms with Crippen molar-refractivity contribution in [2.24, 2.45) is 0 Å². The Balaban J connectivity index is 1.42. The fourth-order valence-electron chi connectivity index (χ4n) is 6.72. The number of carbonyl (C=O) groups excluding carboxylic acids is 2. The van der Waals surface area contributed by atoms with Crippen molar-refractivity contribution in [3.05, 3.63) is 23.1 Å². The highest BCUT2D eigenvalue weighted by Gasteiger charge is 2.56. The molecule has 2 aromatic rings. The Hall–Kier alpha value is -2.36. The predicted molar refractivity (Wildman–Crippen MR) is 182 cm³/mol. The molecule has 0 N–H and O–H groups in total. The minimum atomic E-state index is -4.05. The van der Waals surface area contributed by atoms with Gasteiger partial charge in [-0.1, -0.05) is 12.8 Å². The average Bonchev–Trinajstić information content (AvgIpc) is 3.79. The number of amides is 1. The van der Waals surface area contributed by atoms with Gasteiger partial charge in [0.2, 0.25) is 5.28 Å². The first-order chi connectivity index (χ1) is 23.6. The van der Waals surface area contributed by atoms with Crippen LogP contribution >= 0.6 is 19.2 Å². The Labute approximate surface area is 298 Å². The van der Waals surface area contributed by atoms with Gasteiger partial charge in [0.05, 0.1) is 32.5 Å². The zero-order chi connectivity index (χ0) is 36.4. The second-order valence-corrected chi connectivity index (χ2v) is 16.3. The summed E-state index contributed by atoms with van der Waals surface area (Å²) in [5.41, 5.74) is 0.600. The Bertz CT molecular complexity index is 1550. The Morgan fingerprint density at radius 2 is 1.70 bits per heavy atom. The van der Waals surface area contributed by atoms with Gasteiger partial charge in [0.15, 0.2) is 11.6 Å². The van der Waals surface area contributed by atoms with Crippen LogP contribution in [0, 0.1) is 0 Å². The lowest BCUT2D eigenvalue weighted by atomic mass is 10.0. The molecule has 0 radical (unpaired) electrons. The van der Waals surface area contributed by atoms with Crippen LogP contribution < -0.4 is 4.90 Å². The molecule has 15 nitrogen and oxygen atoms in total. The zero-order valence-electron chi connectivity index (χ0n) is 30.1. The van der Waals surface area contributed by atoms with E-state index in [1.807, 2.05) is 32.9 Å². The second-order valence-electron chi connectivity index (χ2n) is 13.9. The monoisotopic (exact) mass is 744 g/mol. The van der Waals surface area contributed by atoms with Crippen molar-refractivity contribution in [3.8, 4) is 0 Å². The van der Waals surface area contributed by atoms with Crippen molar-refractivity contribution in [1.29, 1.82) is 0 Å². The van der Waals surface area contributed by atoms with Crippen LogP contribution in [-0.2, 0) is 53.2 Å². The van der Waals surface area contributed by atoms with Crippen LogP contribution in [0.2, 0.25) is 5.28 Å². The molecule has 1 unspecified atom stereocenters. The SMILES string of the molecule is CCOC(=O)C(OC[C@H]1O[C@H](Cc2ccc3c(N(C(=O)OC(C)(C)C)C4CCCC4)nc(Cl)nn23)[C@@H]2OC(C)(C)O[C@@H]21)P(=O)(OCC)OCC. The van der Waals surface area contributed by atoms with E-state index in [1.54, 1.807) is 44.0 Å². The van der Waals surface area contributed by atoms with Crippen LogP contribution in [0.25, 0.3) is 5.52 Å². The second kappa shape index (κ2) is 15.7. The highest BCUT2D eigenvalue weighted by Crippen LogP contribution is 2.54. The summed E-state index contributed by atoms with van der Waals surface area (Å²) in [4.78, 5) is 32.7. The van der Waals surface area contributed by atoms with Crippen molar-refractivity contribution in [2.75, 3.05) is 31.3 Å². The molecule has 2 aromatic heterocycles. The molecule has 50 heavy (non-hydrogen) atoms. The minimum Gasteiger partial charge on any atom is -0.464 e. The van der Waals surface area contributed by atoms with Gasteiger partial charge in [-0.3, -0.25) is 9.46 Å². The number of aromatic nitrogens is 3. The summed E-state index contributed by atoms with van der Waals surface area (Å²) < 4.78 is 62.1. The third kappa shape index (κ3) is 8.63. The lowest BCUT2D eigenvalue weighted by Gasteiger charge is -2.31. The summed E-state index contributed by atoms with van der Waals surface area (Å²) in [7, 11) is -4.05. The normalized spacial score (nSPS) is 24.4. The van der Waals surface area contributed by atoms with E-state index in [9.17, 15) is 14.2 Å². The van der Waals surface area contributed by atoms with Gasteiger partial charge in [-0.05, 0) is 92.0 Å². The smallest absolute Gasteiger partial charge is 0.416 e. The van der Waals surface area contributed by atoms with Gasteiger partial charge in [0.1, 0.15) is 29.4 Å². The van der Waals surface area contributed by atoms with Gasteiger partial charge in [0.25, 0.3) is 5.85 Å². The van der Waals surface area contributed by atoms with Crippen LogP contribution in [0.4, 0.5) is 10.6 Å². The summed E-state index contributed by atoms with van der Waals surface area (Å²) in [5.74, 6) is -3.05. The lowest BCUT2D eigenvalue weighted by Crippen LogP contribution is -2.43. The zero-order valence-corrected chi connectivity index (χ0v) is 31.7. The Morgan fingerprint density at radius 3 is 2.30 bits per heavy atom. The lowest BCUT2D eigenvalue weighted by molar-refractivity contribution is -0.194. The fraction of sp³-hybridized carbons (Fsp3) is 0.758. The molecule has 5 atom stereocenters. The van der Waals surface area contributed by atoms with E-state index in [0.29, 0.717) is 17.8 Å². The van der Waals surface area contributed by atoms with E-state index in [2.05, 4.69) is 10.1 Å². The van der Waals surface area contributed by atoms with E-state index in [4.69, 9.17) is 49.1 Å². The number of hydrogen-bond donors (Lipinski definition) is 0. The third-order valence-electron chi connectivity index (χ3n) is 8.52. The highest BCUT2D eigenvalue weighted by molar-refractivity contribution is 7.55. The quantitative estimate of drug-likeness (QED) is 0.162. The summed E-state index contributed by atoms with van der Waals surface area (Å²) in [6.07, 6.45) is 1.06. The van der Waals surface area contributed by atoms with Crippen LogP contribution in [0.15, 0.2) is 12.1 Å². The average molecular weight is 745 g/mol. The van der Waals surface area contributed by atoms with Crippen molar-refractivity contribution in [2.45, 2.75) is 135 Å². The van der Waals surface area contributed by atoms with E-state index in [0.717, 1.165) is 31.4 Å². The standard InChI is InChI=1S/C33H50ClN4O11P/c1-9-42-28(39)29(50(41,44-10-2)45-11-3)43-19-24-26-25(47-33(7,8)48-26)23(46-24)18-21-16-17-22-27(35-30(34)36-38(21)22)37(20-14-12-13-15-20)31(40)49-32(4,5)6/h16-17,20,23-26,29H,9-15,18-19H2,1-8H3/t23-,24-,25+,26-,29?/m1/s1. The number of carbonyl (C=O) groups is 2. The molecule has 1 amide bonds. The molecule has 3 fully saturated rings. The van der Waals surface area contributed by atoms with E-state index >= 15 is 0 Å². The Kier molecular flexibility index (Phi) is 12.2. The molecule has 2 aliphatic heterocycles. The first-order valence-corrected chi connectivity index (χ1v) is 19.3. The number of esters is 1. The summed E-state index contributed by atoms with van der Waals surface area (Å²) in [6.45, 7) is 13.9. The van der Waals surface area contributed by atoms with Crippen LogP contribution in [0.5, 0.6) is 0 Å². The number of fused-ring (bicyclic) bond motifs is 2. The number of hydrogen-bond acceptors (Lipinski definition) is 13. The third-order valence-corrected chi connectivity index (χ3v) is 10.9. The summed E-state index contributed by atoms with van der Waals surface area (Å²) >= 11 is 6.51. The minimum absolute atomic E-state index is 0.0329. The molecule has 0 spiro atoms. The summed E-state index contributed by atoms with van der Waals surface area (Å²) in [5, 5.41) is 4.47. The van der Waals surface area contributed by atoms with Gasteiger partial charge in [-0.15, -0.1) is 5.10 Å². The predicted octanol–water partition coefficient (Wildman–Crippen LogP) is 6.07. The molecule has 0 bridgehead atoms. The number of rotatable bonds is 14. The maximum atomic E-state index is 13.6. The number of halogens is 1. The van der Waals surface area contributed by atoms with Gasteiger partial charge in [-0.2, -0.15) is 4.98 Å². The first kappa shape index (κ1) is 38.9. The van der Waals surface area contributed by atoms with E-state index in [-0.39, 0.29) is 37.8 Å². The van der Waals surface area contributed by atoms with Crippen LogP contribution in [0.3, 0.4) is 0 Å². The molecule has 3 aliphatic rings. The highest BCUT2D eigenvalue weighted by atomic mass is 35.5.